The summed E-state index contributed by atoms with van der Waals surface area (Å²) in [6.07, 6.45) is 0. The highest BCUT2D eigenvalue weighted by atomic mass is 16.5. The van der Waals surface area contributed by atoms with Crippen molar-refractivity contribution >= 4 is 5.82 Å². The summed E-state index contributed by atoms with van der Waals surface area (Å²) in [7, 11) is 0. The van der Waals surface area contributed by atoms with Gasteiger partial charge in [-0.25, -0.2) is 0 Å². The zero-order valence-electron chi connectivity index (χ0n) is 14.4. The standard InChI is InChI=1S/C21H16N4O2/c22-12-17-19(18(13-23)21(25-20(17)24)27-10-9-26)16-8-4-7-15(11-16)14-5-2-1-3-6-14/h1-8,11,26H,9-10H2,(H2,24,25). The van der Waals surface area contributed by atoms with E-state index in [1.54, 1.807) is 6.07 Å². The van der Waals surface area contributed by atoms with E-state index in [9.17, 15) is 10.5 Å². The molecule has 0 radical (unpaired) electrons. The number of aliphatic hydroxyl groups is 1. The van der Waals surface area contributed by atoms with E-state index in [-0.39, 0.29) is 36.0 Å². The maximum atomic E-state index is 9.67. The molecular formula is C21H16N4O2. The molecule has 0 aliphatic rings. The van der Waals surface area contributed by atoms with E-state index in [0.29, 0.717) is 11.1 Å². The molecule has 6 nitrogen and oxygen atoms in total. The number of aliphatic hydroxyl groups excluding tert-OH is 1. The van der Waals surface area contributed by atoms with E-state index >= 15 is 0 Å². The van der Waals surface area contributed by atoms with Gasteiger partial charge in [0.2, 0.25) is 5.88 Å². The first-order valence-corrected chi connectivity index (χ1v) is 8.22. The monoisotopic (exact) mass is 356 g/mol. The normalized spacial score (nSPS) is 10.0. The lowest BCUT2D eigenvalue weighted by atomic mass is 9.93. The number of rotatable bonds is 5. The van der Waals surface area contributed by atoms with Gasteiger partial charge in [-0.2, -0.15) is 15.5 Å². The highest BCUT2D eigenvalue weighted by Crippen LogP contribution is 2.36. The zero-order chi connectivity index (χ0) is 19.2. The first kappa shape index (κ1) is 17.9. The summed E-state index contributed by atoms with van der Waals surface area (Å²) in [5.41, 5.74) is 9.14. The summed E-state index contributed by atoms with van der Waals surface area (Å²) in [6, 6.07) is 21.4. The van der Waals surface area contributed by atoms with Crippen LogP contribution in [0.15, 0.2) is 54.6 Å². The van der Waals surface area contributed by atoms with Crippen LogP contribution < -0.4 is 10.5 Å². The third-order valence-electron chi connectivity index (χ3n) is 4.00. The first-order chi connectivity index (χ1) is 13.2. The van der Waals surface area contributed by atoms with E-state index in [0.717, 1.165) is 11.1 Å². The van der Waals surface area contributed by atoms with Gasteiger partial charge >= 0.3 is 0 Å². The van der Waals surface area contributed by atoms with Crippen molar-refractivity contribution in [3.8, 4) is 40.3 Å². The number of benzene rings is 2. The Hall–Kier alpha value is -3.87. The second-order valence-corrected chi connectivity index (χ2v) is 5.67. The highest BCUT2D eigenvalue weighted by molar-refractivity contribution is 5.84. The van der Waals surface area contributed by atoms with Gasteiger partial charge in [-0.15, -0.1) is 0 Å². The van der Waals surface area contributed by atoms with Gasteiger partial charge in [0.15, 0.2) is 0 Å². The lowest BCUT2D eigenvalue weighted by Crippen LogP contribution is -2.09. The van der Waals surface area contributed by atoms with E-state index in [4.69, 9.17) is 15.6 Å². The van der Waals surface area contributed by atoms with Gasteiger partial charge in [-0.05, 0) is 22.8 Å². The van der Waals surface area contributed by atoms with E-state index in [1.807, 2.05) is 54.6 Å². The largest absolute Gasteiger partial charge is 0.474 e. The van der Waals surface area contributed by atoms with Crippen LogP contribution in [0.2, 0.25) is 0 Å². The molecular weight excluding hydrogens is 340 g/mol. The minimum atomic E-state index is -0.231. The van der Waals surface area contributed by atoms with Gasteiger partial charge in [0.25, 0.3) is 0 Å². The van der Waals surface area contributed by atoms with Crippen molar-refractivity contribution in [1.82, 2.24) is 4.98 Å². The molecule has 2 aromatic carbocycles. The molecule has 0 saturated heterocycles. The molecule has 3 aromatic rings. The van der Waals surface area contributed by atoms with Gasteiger partial charge < -0.3 is 15.6 Å². The van der Waals surface area contributed by atoms with Crippen molar-refractivity contribution in [2.45, 2.75) is 0 Å². The van der Waals surface area contributed by atoms with Gasteiger partial charge in [-0.1, -0.05) is 48.5 Å². The van der Waals surface area contributed by atoms with Crippen LogP contribution in [0.4, 0.5) is 5.82 Å². The molecule has 0 fully saturated rings. The van der Waals surface area contributed by atoms with Crippen LogP contribution in [-0.2, 0) is 0 Å². The molecule has 132 valence electrons. The Morgan fingerprint density at radius 3 is 2.26 bits per heavy atom. The van der Waals surface area contributed by atoms with Crippen LogP contribution >= 0.6 is 0 Å². The SMILES string of the molecule is N#Cc1c(N)nc(OCCO)c(C#N)c1-c1cccc(-c2ccccc2)c1. The Morgan fingerprint density at radius 2 is 1.59 bits per heavy atom. The third-order valence-corrected chi connectivity index (χ3v) is 4.00. The minimum Gasteiger partial charge on any atom is -0.474 e. The summed E-state index contributed by atoms with van der Waals surface area (Å²) >= 11 is 0. The van der Waals surface area contributed by atoms with Gasteiger partial charge in [0.05, 0.1) is 6.61 Å². The number of aromatic nitrogens is 1. The molecule has 0 bridgehead atoms. The maximum Gasteiger partial charge on any atom is 0.234 e. The van der Waals surface area contributed by atoms with Crippen molar-refractivity contribution in [2.24, 2.45) is 0 Å². The second-order valence-electron chi connectivity index (χ2n) is 5.67. The molecule has 6 heteroatoms. The number of hydrogen-bond donors (Lipinski definition) is 2. The Kier molecular flexibility index (Phi) is 5.32. The predicted octanol–water partition coefficient (Wildman–Crippen LogP) is 3.11. The number of hydrogen-bond acceptors (Lipinski definition) is 6. The topological polar surface area (TPSA) is 116 Å². The first-order valence-electron chi connectivity index (χ1n) is 8.22. The summed E-state index contributed by atoms with van der Waals surface area (Å²) in [5.74, 6) is -0.0206. The lowest BCUT2D eigenvalue weighted by molar-refractivity contribution is 0.196. The maximum absolute atomic E-state index is 9.67. The highest BCUT2D eigenvalue weighted by Gasteiger charge is 2.21. The number of ether oxygens (including phenoxy) is 1. The van der Waals surface area contributed by atoms with Crippen LogP contribution in [0.1, 0.15) is 11.1 Å². The number of nitrogens with zero attached hydrogens (tertiary/aromatic N) is 3. The van der Waals surface area contributed by atoms with Crippen LogP contribution in [0.5, 0.6) is 5.88 Å². The molecule has 3 N–H and O–H groups in total. The van der Waals surface area contributed by atoms with Crippen LogP contribution in [0.25, 0.3) is 22.3 Å². The Balaban J connectivity index is 2.23. The Morgan fingerprint density at radius 1 is 0.926 bits per heavy atom. The molecule has 0 aliphatic heterocycles. The molecule has 0 atom stereocenters. The zero-order valence-corrected chi connectivity index (χ0v) is 14.4. The average molecular weight is 356 g/mol. The summed E-state index contributed by atoms with van der Waals surface area (Å²) in [6.45, 7) is -0.262. The van der Waals surface area contributed by atoms with E-state index in [2.05, 4.69) is 11.1 Å². The molecule has 1 aromatic heterocycles. The number of anilines is 1. The smallest absolute Gasteiger partial charge is 0.234 e. The quantitative estimate of drug-likeness (QED) is 0.725. The van der Waals surface area contributed by atoms with Crippen molar-refractivity contribution in [2.75, 3.05) is 18.9 Å². The molecule has 0 saturated carbocycles. The van der Waals surface area contributed by atoms with Crippen LogP contribution in [0.3, 0.4) is 0 Å². The second kappa shape index (κ2) is 8.01. The molecule has 0 unspecified atom stereocenters. The van der Waals surface area contributed by atoms with Crippen molar-refractivity contribution < 1.29 is 9.84 Å². The van der Waals surface area contributed by atoms with Gasteiger partial charge in [0, 0.05) is 5.56 Å². The molecule has 0 spiro atoms. The molecule has 0 aliphatic carbocycles. The van der Waals surface area contributed by atoms with Crippen molar-refractivity contribution in [1.29, 1.82) is 10.5 Å². The predicted molar refractivity (Wildman–Crippen MR) is 102 cm³/mol. The molecule has 0 amide bonds. The Labute approximate surface area is 156 Å². The molecule has 3 rings (SSSR count). The summed E-state index contributed by atoms with van der Waals surface area (Å²) in [5, 5.41) is 28.2. The fourth-order valence-corrected chi connectivity index (χ4v) is 2.82. The van der Waals surface area contributed by atoms with E-state index in [1.165, 1.54) is 0 Å². The lowest BCUT2D eigenvalue weighted by Gasteiger charge is -2.14. The summed E-state index contributed by atoms with van der Waals surface area (Å²) < 4.78 is 5.36. The van der Waals surface area contributed by atoms with E-state index < -0.39 is 0 Å². The van der Waals surface area contributed by atoms with Crippen LogP contribution in [0, 0.1) is 22.7 Å². The molecule has 27 heavy (non-hydrogen) atoms. The van der Waals surface area contributed by atoms with Crippen molar-refractivity contribution in [3.63, 3.8) is 0 Å². The van der Waals surface area contributed by atoms with Crippen molar-refractivity contribution in [3.05, 3.63) is 65.7 Å². The number of nitriles is 2. The Bertz CT molecular complexity index is 1050. The molecule has 1 heterocycles. The van der Waals surface area contributed by atoms with Crippen LogP contribution in [-0.4, -0.2) is 23.3 Å². The number of nitrogen functional groups attached to an aromatic ring is 1. The number of pyridine rings is 1. The fourth-order valence-electron chi connectivity index (χ4n) is 2.82. The average Bonchev–Trinajstić information content (AvgIpc) is 2.72. The van der Waals surface area contributed by atoms with Gasteiger partial charge in [0.1, 0.15) is 35.7 Å². The minimum absolute atomic E-state index is 0.00293. The fraction of sp³-hybridized carbons (Fsp3) is 0.0952. The number of nitrogens with two attached hydrogens (primary N) is 1. The van der Waals surface area contributed by atoms with Gasteiger partial charge in [-0.3, -0.25) is 0 Å². The summed E-state index contributed by atoms with van der Waals surface area (Å²) in [4.78, 5) is 4.02. The third kappa shape index (κ3) is 3.57.